The van der Waals surface area contributed by atoms with Crippen molar-refractivity contribution in [3.8, 4) is 0 Å². The van der Waals surface area contributed by atoms with Gasteiger partial charge in [-0.05, 0) is 43.9 Å². The maximum Gasteiger partial charge on any atom is 0.178 e. The van der Waals surface area contributed by atoms with Crippen molar-refractivity contribution in [1.29, 1.82) is 0 Å². The minimum Gasteiger partial charge on any atom is -0.365 e. The van der Waals surface area contributed by atoms with Crippen molar-refractivity contribution >= 4 is 11.6 Å². The van der Waals surface area contributed by atoms with Gasteiger partial charge in [0.2, 0.25) is 0 Å². The second kappa shape index (κ2) is 5.16. The van der Waals surface area contributed by atoms with E-state index in [-0.39, 0.29) is 17.7 Å². The monoisotopic (exact) mass is 282 g/mol. The van der Waals surface area contributed by atoms with E-state index in [9.17, 15) is 8.78 Å². The molecule has 1 heterocycles. The fraction of sp³-hybridized carbons (Fsp3) is 0.643. The van der Waals surface area contributed by atoms with Gasteiger partial charge in [0, 0.05) is 12.1 Å². The van der Waals surface area contributed by atoms with Crippen LogP contribution < -0.4 is 16.6 Å². The molecule has 0 aliphatic heterocycles. The first-order valence-electron chi connectivity index (χ1n) is 7.17. The minimum absolute atomic E-state index is 0.0645. The molecule has 0 amide bonds. The number of nitrogen functional groups attached to an aromatic ring is 1. The van der Waals surface area contributed by atoms with Crippen molar-refractivity contribution in [2.45, 2.75) is 38.6 Å². The van der Waals surface area contributed by atoms with Gasteiger partial charge in [0.15, 0.2) is 23.3 Å². The van der Waals surface area contributed by atoms with E-state index in [1.54, 1.807) is 0 Å². The summed E-state index contributed by atoms with van der Waals surface area (Å²) < 4.78 is 27.1. The van der Waals surface area contributed by atoms with Crippen molar-refractivity contribution in [2.24, 2.45) is 23.6 Å². The number of aromatic nitrogens is 1. The number of hydrazine groups is 1. The van der Waals surface area contributed by atoms with E-state index in [4.69, 9.17) is 5.84 Å². The van der Waals surface area contributed by atoms with Crippen molar-refractivity contribution in [1.82, 2.24) is 4.98 Å². The second-order valence-corrected chi connectivity index (χ2v) is 6.07. The van der Waals surface area contributed by atoms with Crippen molar-refractivity contribution in [2.75, 3.05) is 10.7 Å². The molecule has 3 rings (SSSR count). The van der Waals surface area contributed by atoms with Gasteiger partial charge >= 0.3 is 0 Å². The third-order valence-electron chi connectivity index (χ3n) is 4.87. The third kappa shape index (κ3) is 2.32. The highest BCUT2D eigenvalue weighted by Gasteiger charge is 2.42. The Morgan fingerprint density at radius 2 is 2.00 bits per heavy atom. The normalized spacial score (nSPS) is 29.5. The lowest BCUT2D eigenvalue weighted by Gasteiger charge is -2.29. The Morgan fingerprint density at radius 3 is 2.60 bits per heavy atom. The number of anilines is 2. The third-order valence-corrected chi connectivity index (χ3v) is 4.87. The van der Waals surface area contributed by atoms with E-state index in [1.807, 2.05) is 6.92 Å². The molecule has 20 heavy (non-hydrogen) atoms. The highest BCUT2D eigenvalue weighted by molar-refractivity contribution is 5.47. The highest BCUT2D eigenvalue weighted by Crippen LogP contribution is 2.49. The Morgan fingerprint density at radius 1 is 1.25 bits per heavy atom. The first-order chi connectivity index (χ1) is 9.58. The Kier molecular flexibility index (Phi) is 3.50. The van der Waals surface area contributed by atoms with Gasteiger partial charge < -0.3 is 10.7 Å². The van der Waals surface area contributed by atoms with E-state index in [0.717, 1.165) is 17.9 Å². The quantitative estimate of drug-likeness (QED) is 0.587. The molecule has 2 bridgehead atoms. The van der Waals surface area contributed by atoms with Crippen molar-refractivity contribution in [3.05, 3.63) is 17.7 Å². The molecule has 0 spiro atoms. The SMILES string of the molecule is CC(Nc1nc(NN)c(F)cc1F)C1CC2CCC1C2. The Hall–Kier alpha value is -1.43. The predicted octanol–water partition coefficient (Wildman–Crippen LogP) is 2.88. The molecule has 0 radical (unpaired) electrons. The van der Waals surface area contributed by atoms with E-state index in [1.165, 1.54) is 25.7 Å². The van der Waals surface area contributed by atoms with Crippen LogP contribution in [0.1, 0.15) is 32.6 Å². The van der Waals surface area contributed by atoms with Crippen LogP contribution in [0.3, 0.4) is 0 Å². The summed E-state index contributed by atoms with van der Waals surface area (Å²) in [7, 11) is 0. The van der Waals surface area contributed by atoms with Crippen LogP contribution in [-0.2, 0) is 0 Å². The minimum atomic E-state index is -0.789. The van der Waals surface area contributed by atoms with Crippen LogP contribution in [0.5, 0.6) is 0 Å². The lowest BCUT2D eigenvalue weighted by atomic mass is 9.84. The predicted molar refractivity (Wildman–Crippen MR) is 74.0 cm³/mol. The maximum absolute atomic E-state index is 13.8. The lowest BCUT2D eigenvalue weighted by Crippen LogP contribution is -2.31. The first kappa shape index (κ1) is 13.5. The smallest absolute Gasteiger partial charge is 0.178 e. The molecular weight excluding hydrogens is 262 g/mol. The molecular formula is C14H20F2N4. The van der Waals surface area contributed by atoms with Gasteiger partial charge in [0.1, 0.15) is 0 Å². The van der Waals surface area contributed by atoms with E-state index in [0.29, 0.717) is 5.92 Å². The zero-order chi connectivity index (χ0) is 14.3. The summed E-state index contributed by atoms with van der Waals surface area (Å²) in [4.78, 5) is 3.87. The molecule has 2 aliphatic carbocycles. The maximum atomic E-state index is 13.8. The molecule has 1 aromatic rings. The number of nitrogens with two attached hydrogens (primary N) is 1. The number of rotatable bonds is 4. The molecule has 4 unspecified atom stereocenters. The van der Waals surface area contributed by atoms with Crippen LogP contribution in [0.2, 0.25) is 0 Å². The van der Waals surface area contributed by atoms with Gasteiger partial charge in [-0.25, -0.2) is 19.6 Å². The summed E-state index contributed by atoms with van der Waals surface area (Å²) in [6.07, 6.45) is 5.10. The molecule has 2 saturated carbocycles. The summed E-state index contributed by atoms with van der Waals surface area (Å²) >= 11 is 0. The zero-order valence-electron chi connectivity index (χ0n) is 11.5. The van der Waals surface area contributed by atoms with Gasteiger partial charge in [0.25, 0.3) is 0 Å². The van der Waals surface area contributed by atoms with Crippen LogP contribution in [0.15, 0.2) is 6.07 Å². The van der Waals surface area contributed by atoms with E-state index < -0.39 is 11.6 Å². The molecule has 6 heteroatoms. The fourth-order valence-corrected chi connectivity index (χ4v) is 3.90. The number of halogens is 2. The number of pyridine rings is 1. The van der Waals surface area contributed by atoms with Gasteiger partial charge in [-0.15, -0.1) is 0 Å². The van der Waals surface area contributed by atoms with Crippen LogP contribution in [0.4, 0.5) is 20.4 Å². The van der Waals surface area contributed by atoms with Gasteiger partial charge in [0.05, 0.1) is 0 Å². The average Bonchev–Trinajstić information content (AvgIpc) is 3.04. The number of nitrogens with one attached hydrogen (secondary N) is 2. The van der Waals surface area contributed by atoms with Gasteiger partial charge in [-0.2, -0.15) is 0 Å². The average molecular weight is 282 g/mol. The molecule has 1 aromatic heterocycles. The zero-order valence-corrected chi connectivity index (χ0v) is 11.5. The van der Waals surface area contributed by atoms with Crippen molar-refractivity contribution < 1.29 is 8.78 Å². The standard InChI is InChI=1S/C14H20F2N4/c1-7(10-5-8-2-3-9(10)4-8)18-13-11(15)6-12(16)14(19-13)20-17/h6-10H,2-5,17H2,1H3,(H2,18,19,20). The van der Waals surface area contributed by atoms with Crippen molar-refractivity contribution in [3.63, 3.8) is 0 Å². The summed E-state index contributed by atoms with van der Waals surface area (Å²) in [6.45, 7) is 2.05. The molecule has 0 aromatic carbocycles. The number of hydrogen-bond donors (Lipinski definition) is 3. The van der Waals surface area contributed by atoms with Crippen LogP contribution in [0, 0.1) is 29.4 Å². The van der Waals surface area contributed by atoms with Gasteiger partial charge in [-0.1, -0.05) is 6.42 Å². The summed E-state index contributed by atoms with van der Waals surface area (Å²) in [5.74, 6) is 5.74. The van der Waals surface area contributed by atoms with E-state index in [2.05, 4.69) is 15.7 Å². The number of nitrogens with zero attached hydrogens (tertiary/aromatic N) is 1. The second-order valence-electron chi connectivity index (χ2n) is 6.07. The molecule has 2 fully saturated rings. The Bertz CT molecular complexity index is 508. The summed E-state index contributed by atoms with van der Waals surface area (Å²) in [6, 6.07) is 0.932. The first-order valence-corrected chi connectivity index (χ1v) is 7.17. The Labute approximate surface area is 117 Å². The highest BCUT2D eigenvalue weighted by atomic mass is 19.1. The van der Waals surface area contributed by atoms with Crippen LogP contribution >= 0.6 is 0 Å². The largest absolute Gasteiger partial charge is 0.365 e. The fourth-order valence-electron chi connectivity index (χ4n) is 3.90. The summed E-state index contributed by atoms with van der Waals surface area (Å²) in [5, 5.41) is 3.09. The number of hydrogen-bond acceptors (Lipinski definition) is 4. The molecule has 2 aliphatic rings. The lowest BCUT2D eigenvalue weighted by molar-refractivity contribution is 0.303. The molecule has 4 nitrogen and oxygen atoms in total. The van der Waals surface area contributed by atoms with Gasteiger partial charge in [-0.3, -0.25) is 0 Å². The summed E-state index contributed by atoms with van der Waals surface area (Å²) in [5.41, 5.74) is 2.14. The molecule has 110 valence electrons. The molecule has 4 N–H and O–H groups in total. The topological polar surface area (TPSA) is 63.0 Å². The van der Waals surface area contributed by atoms with E-state index >= 15 is 0 Å². The number of fused-ring (bicyclic) bond motifs is 2. The molecule has 4 atom stereocenters. The Balaban J connectivity index is 1.74. The van der Waals surface area contributed by atoms with Crippen LogP contribution in [-0.4, -0.2) is 11.0 Å². The molecule has 0 saturated heterocycles. The van der Waals surface area contributed by atoms with Crippen LogP contribution in [0.25, 0.3) is 0 Å².